The summed E-state index contributed by atoms with van der Waals surface area (Å²) in [6.45, 7) is -0.0842. The second kappa shape index (κ2) is 7.96. The van der Waals surface area contributed by atoms with Gasteiger partial charge in [-0.3, -0.25) is 4.68 Å². The molecule has 3 heterocycles. The predicted molar refractivity (Wildman–Crippen MR) is 113 cm³/mol. The van der Waals surface area contributed by atoms with Crippen molar-refractivity contribution in [1.29, 1.82) is 0 Å². The van der Waals surface area contributed by atoms with Gasteiger partial charge in [0.25, 0.3) is 0 Å². The van der Waals surface area contributed by atoms with Crippen molar-refractivity contribution in [3.8, 4) is 28.4 Å². The minimum absolute atomic E-state index is 0.106. The highest BCUT2D eigenvalue weighted by molar-refractivity contribution is 5.72. The zero-order valence-electron chi connectivity index (χ0n) is 16.8. The molecule has 0 amide bonds. The molecule has 9 nitrogen and oxygen atoms in total. The first-order valence-corrected chi connectivity index (χ1v) is 9.72. The number of ether oxygens (including phenoxy) is 1. The van der Waals surface area contributed by atoms with Gasteiger partial charge >= 0.3 is 0 Å². The summed E-state index contributed by atoms with van der Waals surface area (Å²) in [5.41, 5.74) is 3.25. The van der Waals surface area contributed by atoms with Gasteiger partial charge < -0.3 is 9.84 Å². The van der Waals surface area contributed by atoms with Crippen LogP contribution in [0.2, 0.25) is 0 Å². The summed E-state index contributed by atoms with van der Waals surface area (Å²) >= 11 is 0. The molecule has 1 N–H and O–H groups in total. The summed E-state index contributed by atoms with van der Waals surface area (Å²) in [5, 5.41) is 27.0. The monoisotopic (exact) mass is 413 g/mol. The Hall–Kier alpha value is -4.11. The Balaban J connectivity index is 1.59. The molecule has 0 aliphatic carbocycles. The van der Waals surface area contributed by atoms with Crippen molar-refractivity contribution in [1.82, 2.24) is 34.6 Å². The molecule has 0 saturated heterocycles. The fraction of sp³-hybridized carbons (Fsp3) is 0.136. The minimum atomic E-state index is -0.190. The quantitative estimate of drug-likeness (QED) is 0.456. The number of aryl methyl sites for hydroxylation is 1. The van der Waals surface area contributed by atoms with Gasteiger partial charge in [-0.05, 0) is 11.6 Å². The van der Waals surface area contributed by atoms with Crippen molar-refractivity contribution in [2.75, 3.05) is 0 Å². The Labute approximate surface area is 177 Å². The molecule has 154 valence electrons. The van der Waals surface area contributed by atoms with E-state index in [0.717, 1.165) is 16.7 Å². The highest BCUT2D eigenvalue weighted by Crippen LogP contribution is 2.30. The van der Waals surface area contributed by atoms with Gasteiger partial charge in [0.15, 0.2) is 29.7 Å². The second-order valence-corrected chi connectivity index (χ2v) is 6.90. The summed E-state index contributed by atoms with van der Waals surface area (Å²) in [5.74, 6) is 1.96. The number of benzene rings is 2. The molecule has 9 heteroatoms. The Morgan fingerprint density at radius 2 is 1.61 bits per heavy atom. The van der Waals surface area contributed by atoms with E-state index in [1.165, 1.54) is 4.68 Å². The summed E-state index contributed by atoms with van der Waals surface area (Å²) in [4.78, 5) is 4.28. The standard InChI is InChI=1S/C22H19N7O2/c1-28-20(13-30)23-18(26-28)14-31-22-17(15-8-4-2-5-9-15)12-19-24-25-21(29(19)27-22)16-10-6-3-7-11-16/h2-12,30H,13-14H2,1H3. The van der Waals surface area contributed by atoms with Crippen molar-refractivity contribution in [2.24, 2.45) is 7.05 Å². The lowest BCUT2D eigenvalue weighted by Crippen LogP contribution is -2.05. The van der Waals surface area contributed by atoms with E-state index in [4.69, 9.17) is 9.84 Å². The van der Waals surface area contributed by atoms with Crippen LogP contribution in [0.5, 0.6) is 5.88 Å². The summed E-state index contributed by atoms with van der Waals surface area (Å²) in [6, 6.07) is 21.5. The number of aliphatic hydroxyl groups is 1. The third kappa shape index (κ3) is 3.62. The molecule has 5 aromatic rings. The van der Waals surface area contributed by atoms with Crippen LogP contribution in [0.25, 0.3) is 28.2 Å². The molecule has 0 bridgehead atoms. The first-order valence-electron chi connectivity index (χ1n) is 9.72. The molecule has 0 saturated carbocycles. The molecule has 0 atom stereocenters. The van der Waals surface area contributed by atoms with E-state index in [1.54, 1.807) is 11.6 Å². The van der Waals surface area contributed by atoms with E-state index in [-0.39, 0.29) is 13.2 Å². The summed E-state index contributed by atoms with van der Waals surface area (Å²) < 4.78 is 9.25. The van der Waals surface area contributed by atoms with Gasteiger partial charge in [0.2, 0.25) is 5.88 Å². The summed E-state index contributed by atoms with van der Waals surface area (Å²) in [6.07, 6.45) is 0. The maximum atomic E-state index is 9.35. The van der Waals surface area contributed by atoms with Gasteiger partial charge in [0.05, 0.1) is 0 Å². The van der Waals surface area contributed by atoms with Crippen LogP contribution in [0.1, 0.15) is 11.6 Å². The van der Waals surface area contributed by atoms with Crippen LogP contribution < -0.4 is 4.74 Å². The van der Waals surface area contributed by atoms with E-state index in [1.807, 2.05) is 66.7 Å². The van der Waals surface area contributed by atoms with E-state index >= 15 is 0 Å². The molecule has 0 spiro atoms. The summed E-state index contributed by atoms with van der Waals surface area (Å²) in [7, 11) is 1.73. The van der Waals surface area contributed by atoms with Gasteiger partial charge in [-0.15, -0.1) is 15.3 Å². The first-order chi connectivity index (χ1) is 15.2. The van der Waals surface area contributed by atoms with Gasteiger partial charge in [0, 0.05) is 18.2 Å². The number of rotatable bonds is 6. The highest BCUT2D eigenvalue weighted by atomic mass is 16.5. The van der Waals surface area contributed by atoms with Crippen LogP contribution in [0.3, 0.4) is 0 Å². The normalized spacial score (nSPS) is 11.2. The lowest BCUT2D eigenvalue weighted by Gasteiger charge is -2.10. The molecule has 5 rings (SSSR count). The average molecular weight is 413 g/mol. The number of aliphatic hydroxyl groups excluding tert-OH is 1. The second-order valence-electron chi connectivity index (χ2n) is 6.90. The smallest absolute Gasteiger partial charge is 0.240 e. The first kappa shape index (κ1) is 18.9. The predicted octanol–water partition coefficient (Wildman–Crippen LogP) is 2.66. The van der Waals surface area contributed by atoms with Crippen LogP contribution in [0.15, 0.2) is 66.7 Å². The molecule has 3 aromatic heterocycles. The average Bonchev–Trinajstić information content (AvgIpc) is 3.40. The number of hydrogen-bond donors (Lipinski definition) is 1. The van der Waals surface area contributed by atoms with Crippen LogP contribution in [-0.4, -0.2) is 39.7 Å². The maximum Gasteiger partial charge on any atom is 0.240 e. The third-order valence-corrected chi connectivity index (χ3v) is 4.85. The van der Waals surface area contributed by atoms with Gasteiger partial charge in [-0.25, -0.2) is 4.98 Å². The fourth-order valence-electron chi connectivity index (χ4n) is 3.32. The maximum absolute atomic E-state index is 9.35. The molecule has 2 aromatic carbocycles. The highest BCUT2D eigenvalue weighted by Gasteiger charge is 2.17. The third-order valence-electron chi connectivity index (χ3n) is 4.85. The Bertz CT molecular complexity index is 1330. The van der Waals surface area contributed by atoms with Crippen LogP contribution in [0.4, 0.5) is 0 Å². The zero-order valence-corrected chi connectivity index (χ0v) is 16.8. The molecular formula is C22H19N7O2. The van der Waals surface area contributed by atoms with Crippen LogP contribution >= 0.6 is 0 Å². The van der Waals surface area contributed by atoms with E-state index < -0.39 is 0 Å². The molecule has 0 aliphatic heterocycles. The van der Waals surface area contributed by atoms with Crippen molar-refractivity contribution < 1.29 is 9.84 Å². The van der Waals surface area contributed by atoms with Gasteiger partial charge in [0.1, 0.15) is 6.61 Å². The fourth-order valence-corrected chi connectivity index (χ4v) is 3.32. The Morgan fingerprint density at radius 1 is 0.903 bits per heavy atom. The number of fused-ring (bicyclic) bond motifs is 1. The van der Waals surface area contributed by atoms with Gasteiger partial charge in [-0.2, -0.15) is 9.61 Å². The van der Waals surface area contributed by atoms with Crippen LogP contribution in [-0.2, 0) is 20.3 Å². The van der Waals surface area contributed by atoms with Crippen molar-refractivity contribution >= 4 is 5.65 Å². The molecular weight excluding hydrogens is 394 g/mol. The lowest BCUT2D eigenvalue weighted by molar-refractivity contribution is 0.264. The van der Waals surface area contributed by atoms with E-state index in [0.29, 0.717) is 29.0 Å². The number of aromatic nitrogens is 7. The van der Waals surface area contributed by atoms with Crippen molar-refractivity contribution in [3.63, 3.8) is 0 Å². The molecule has 31 heavy (non-hydrogen) atoms. The minimum Gasteiger partial charge on any atom is -0.468 e. The van der Waals surface area contributed by atoms with Crippen LogP contribution in [0, 0.1) is 0 Å². The van der Waals surface area contributed by atoms with Crippen molar-refractivity contribution in [3.05, 3.63) is 78.4 Å². The number of nitrogens with zero attached hydrogens (tertiary/aromatic N) is 7. The largest absolute Gasteiger partial charge is 0.468 e. The number of hydrogen-bond acceptors (Lipinski definition) is 7. The van der Waals surface area contributed by atoms with E-state index in [2.05, 4.69) is 20.3 Å². The molecule has 0 fully saturated rings. The topological polar surface area (TPSA) is 103 Å². The zero-order chi connectivity index (χ0) is 21.2. The molecule has 0 unspecified atom stereocenters. The molecule has 0 aliphatic rings. The molecule has 0 radical (unpaired) electrons. The SMILES string of the molecule is Cn1nc(COc2nn3c(-c4ccccc4)nnc3cc2-c2ccccc2)nc1CO. The van der Waals surface area contributed by atoms with Gasteiger partial charge in [-0.1, -0.05) is 60.7 Å². The van der Waals surface area contributed by atoms with E-state index in [9.17, 15) is 5.11 Å². The Kier molecular flexibility index (Phi) is 4.85. The van der Waals surface area contributed by atoms with Crippen molar-refractivity contribution in [2.45, 2.75) is 13.2 Å². The lowest BCUT2D eigenvalue weighted by atomic mass is 10.1. The Morgan fingerprint density at radius 3 is 2.29 bits per heavy atom.